The van der Waals surface area contributed by atoms with E-state index in [0.29, 0.717) is 0 Å². The van der Waals surface area contributed by atoms with Crippen molar-refractivity contribution in [1.82, 2.24) is 0 Å². The summed E-state index contributed by atoms with van der Waals surface area (Å²) in [6.07, 6.45) is 3.17. The molecule has 0 atom stereocenters. The van der Waals surface area contributed by atoms with Gasteiger partial charge >= 0.3 is 0 Å². The first-order valence-corrected chi connectivity index (χ1v) is 7.15. The first-order valence-electron chi connectivity index (χ1n) is 7.15. The van der Waals surface area contributed by atoms with Gasteiger partial charge in [-0.25, -0.2) is 0 Å². The highest BCUT2D eigenvalue weighted by atomic mass is 16.2. The van der Waals surface area contributed by atoms with E-state index >= 15 is 0 Å². The van der Waals surface area contributed by atoms with Gasteiger partial charge < -0.3 is 4.90 Å². The van der Waals surface area contributed by atoms with E-state index in [1.807, 2.05) is 27.0 Å². The zero-order chi connectivity index (χ0) is 14.6. The van der Waals surface area contributed by atoms with Gasteiger partial charge in [-0.15, -0.1) is 0 Å². The van der Waals surface area contributed by atoms with Crippen molar-refractivity contribution in [3.05, 3.63) is 29.3 Å². The van der Waals surface area contributed by atoms with Crippen LogP contribution in [0.1, 0.15) is 51.2 Å². The van der Waals surface area contributed by atoms with Crippen LogP contribution in [0.3, 0.4) is 0 Å². The number of amides is 1. The monoisotopic (exact) mass is 261 g/mol. The summed E-state index contributed by atoms with van der Waals surface area (Å²) in [5.41, 5.74) is 3.18. The summed E-state index contributed by atoms with van der Waals surface area (Å²) in [6, 6.07) is 6.19. The second-order valence-corrected chi connectivity index (χ2v) is 6.12. The predicted molar refractivity (Wildman–Crippen MR) is 82.6 cm³/mol. The molecule has 0 aliphatic heterocycles. The standard InChI is InChI=1S/C17H27NO/c1-7-8-11-17(4,5)16(19)18(6)15-10-9-13(2)14(3)12-15/h9-10,12H,7-8,11H2,1-6H3. The Kier molecular flexibility index (Phi) is 5.16. The van der Waals surface area contributed by atoms with Crippen LogP contribution in [-0.4, -0.2) is 13.0 Å². The lowest BCUT2D eigenvalue weighted by Crippen LogP contribution is -2.38. The van der Waals surface area contributed by atoms with Crippen LogP contribution in [-0.2, 0) is 4.79 Å². The molecule has 0 unspecified atom stereocenters. The Balaban J connectivity index is 2.89. The Labute approximate surface area is 117 Å². The Bertz CT molecular complexity index is 449. The van der Waals surface area contributed by atoms with Crippen LogP contribution in [0.25, 0.3) is 0 Å². The molecule has 1 aromatic carbocycles. The van der Waals surface area contributed by atoms with E-state index in [1.54, 1.807) is 4.90 Å². The quantitative estimate of drug-likeness (QED) is 0.765. The summed E-state index contributed by atoms with van der Waals surface area (Å²) in [7, 11) is 1.88. The van der Waals surface area contributed by atoms with Crippen LogP contribution in [0.5, 0.6) is 0 Å². The smallest absolute Gasteiger partial charge is 0.232 e. The molecule has 0 saturated carbocycles. The number of anilines is 1. The van der Waals surface area contributed by atoms with Gasteiger partial charge in [-0.1, -0.05) is 39.7 Å². The van der Waals surface area contributed by atoms with E-state index in [-0.39, 0.29) is 11.3 Å². The summed E-state index contributed by atoms with van der Waals surface area (Å²) in [4.78, 5) is 14.4. The van der Waals surface area contributed by atoms with Gasteiger partial charge in [-0.3, -0.25) is 4.79 Å². The van der Waals surface area contributed by atoms with Crippen LogP contribution in [0.2, 0.25) is 0 Å². The highest BCUT2D eigenvalue weighted by molar-refractivity contribution is 5.96. The van der Waals surface area contributed by atoms with E-state index in [9.17, 15) is 4.79 Å². The van der Waals surface area contributed by atoms with Crippen molar-refractivity contribution < 1.29 is 4.79 Å². The number of nitrogens with zero attached hydrogens (tertiary/aromatic N) is 1. The van der Waals surface area contributed by atoms with Crippen molar-refractivity contribution in [2.75, 3.05) is 11.9 Å². The van der Waals surface area contributed by atoms with Crippen molar-refractivity contribution in [1.29, 1.82) is 0 Å². The fourth-order valence-corrected chi connectivity index (χ4v) is 2.23. The maximum Gasteiger partial charge on any atom is 0.232 e. The highest BCUT2D eigenvalue weighted by Gasteiger charge is 2.30. The minimum absolute atomic E-state index is 0.198. The predicted octanol–water partition coefficient (Wildman–Crippen LogP) is 4.48. The molecule has 0 aliphatic carbocycles. The average molecular weight is 261 g/mol. The maximum atomic E-state index is 12.6. The number of unbranched alkanes of at least 4 members (excludes halogenated alkanes) is 1. The second kappa shape index (κ2) is 6.23. The molecule has 2 nitrogen and oxygen atoms in total. The second-order valence-electron chi connectivity index (χ2n) is 6.12. The average Bonchev–Trinajstić information content (AvgIpc) is 2.38. The lowest BCUT2D eigenvalue weighted by molar-refractivity contribution is -0.126. The van der Waals surface area contributed by atoms with Crippen LogP contribution in [0.15, 0.2) is 18.2 Å². The molecule has 0 aromatic heterocycles. The molecule has 0 N–H and O–H groups in total. The topological polar surface area (TPSA) is 20.3 Å². The Morgan fingerprint density at radius 2 is 1.84 bits per heavy atom. The number of rotatable bonds is 5. The number of carbonyl (C=O) groups is 1. The van der Waals surface area contributed by atoms with Crippen LogP contribution in [0.4, 0.5) is 5.69 Å². The third-order valence-electron chi connectivity index (χ3n) is 3.92. The molecule has 0 saturated heterocycles. The number of aryl methyl sites for hydroxylation is 2. The van der Waals surface area contributed by atoms with Crippen LogP contribution in [0, 0.1) is 19.3 Å². The molecule has 2 heteroatoms. The lowest BCUT2D eigenvalue weighted by atomic mass is 9.85. The molecule has 1 rings (SSSR count). The molecule has 19 heavy (non-hydrogen) atoms. The maximum absolute atomic E-state index is 12.6. The zero-order valence-electron chi connectivity index (χ0n) is 13.2. The van der Waals surface area contributed by atoms with Crippen molar-refractivity contribution in [2.24, 2.45) is 5.41 Å². The fourth-order valence-electron chi connectivity index (χ4n) is 2.23. The minimum Gasteiger partial charge on any atom is -0.315 e. The van der Waals surface area contributed by atoms with Crippen molar-refractivity contribution in [3.63, 3.8) is 0 Å². The Morgan fingerprint density at radius 1 is 1.21 bits per heavy atom. The zero-order valence-corrected chi connectivity index (χ0v) is 13.2. The minimum atomic E-state index is -0.288. The normalized spacial score (nSPS) is 11.5. The number of hydrogen-bond donors (Lipinski definition) is 0. The number of carbonyl (C=O) groups excluding carboxylic acids is 1. The molecule has 0 spiro atoms. The van der Waals surface area contributed by atoms with Gasteiger partial charge in [0, 0.05) is 18.2 Å². The van der Waals surface area contributed by atoms with E-state index in [4.69, 9.17) is 0 Å². The van der Waals surface area contributed by atoms with Gasteiger partial charge in [0.05, 0.1) is 0 Å². The van der Waals surface area contributed by atoms with E-state index in [0.717, 1.165) is 24.9 Å². The van der Waals surface area contributed by atoms with Crippen LogP contribution >= 0.6 is 0 Å². The fraction of sp³-hybridized carbons (Fsp3) is 0.588. The van der Waals surface area contributed by atoms with Gasteiger partial charge in [-0.05, 0) is 43.5 Å². The third-order valence-corrected chi connectivity index (χ3v) is 3.92. The summed E-state index contributed by atoms with van der Waals surface area (Å²) < 4.78 is 0. The summed E-state index contributed by atoms with van der Waals surface area (Å²) >= 11 is 0. The molecule has 106 valence electrons. The molecule has 0 bridgehead atoms. The first kappa shape index (κ1) is 15.7. The van der Waals surface area contributed by atoms with E-state index in [2.05, 4.69) is 32.9 Å². The molecule has 0 heterocycles. The van der Waals surface area contributed by atoms with E-state index < -0.39 is 0 Å². The summed E-state index contributed by atoms with van der Waals surface area (Å²) in [6.45, 7) is 10.4. The highest BCUT2D eigenvalue weighted by Crippen LogP contribution is 2.28. The molecule has 0 fully saturated rings. The largest absolute Gasteiger partial charge is 0.315 e. The summed E-state index contributed by atoms with van der Waals surface area (Å²) in [5, 5.41) is 0. The number of benzene rings is 1. The third kappa shape index (κ3) is 3.82. The SMILES string of the molecule is CCCCC(C)(C)C(=O)N(C)c1ccc(C)c(C)c1. The Morgan fingerprint density at radius 3 is 2.37 bits per heavy atom. The molecular formula is C17H27NO. The molecule has 1 amide bonds. The van der Waals surface area contributed by atoms with Gasteiger partial charge in [0.2, 0.25) is 5.91 Å². The van der Waals surface area contributed by atoms with Gasteiger partial charge in [0.1, 0.15) is 0 Å². The van der Waals surface area contributed by atoms with Crippen molar-refractivity contribution in [2.45, 2.75) is 53.9 Å². The first-order chi connectivity index (χ1) is 8.79. The lowest BCUT2D eigenvalue weighted by Gasteiger charge is -2.29. The van der Waals surface area contributed by atoms with Gasteiger partial charge in [0.25, 0.3) is 0 Å². The Hall–Kier alpha value is -1.31. The summed E-state index contributed by atoms with van der Waals surface area (Å²) in [5.74, 6) is 0.198. The molecule has 1 aromatic rings. The molecular weight excluding hydrogens is 234 g/mol. The van der Waals surface area contributed by atoms with Gasteiger partial charge in [-0.2, -0.15) is 0 Å². The van der Waals surface area contributed by atoms with E-state index in [1.165, 1.54) is 11.1 Å². The molecule has 0 radical (unpaired) electrons. The van der Waals surface area contributed by atoms with Crippen molar-refractivity contribution >= 4 is 11.6 Å². The van der Waals surface area contributed by atoms with Crippen LogP contribution < -0.4 is 4.90 Å². The van der Waals surface area contributed by atoms with Gasteiger partial charge in [0.15, 0.2) is 0 Å². The van der Waals surface area contributed by atoms with Crippen molar-refractivity contribution in [3.8, 4) is 0 Å². The molecule has 0 aliphatic rings. The number of hydrogen-bond acceptors (Lipinski definition) is 1.